The van der Waals surface area contributed by atoms with Crippen molar-refractivity contribution in [1.29, 1.82) is 0 Å². The zero-order valence-corrected chi connectivity index (χ0v) is 33.7. The van der Waals surface area contributed by atoms with Gasteiger partial charge in [0.05, 0.1) is 0 Å². The summed E-state index contributed by atoms with van der Waals surface area (Å²) in [6, 6.07) is 31.1. The van der Waals surface area contributed by atoms with Crippen molar-refractivity contribution in [2.75, 3.05) is 11.5 Å². The molecule has 1 unspecified atom stereocenters. The number of nitrogens with zero attached hydrogens (tertiary/aromatic N) is 4. The molecule has 59 heavy (non-hydrogen) atoms. The predicted octanol–water partition coefficient (Wildman–Crippen LogP) is 6.43. The highest BCUT2D eigenvalue weighted by atomic mass is 32.2. The summed E-state index contributed by atoms with van der Waals surface area (Å²) in [4.78, 5) is 70.9. The lowest BCUT2D eigenvalue weighted by atomic mass is 9.80. The number of esters is 2. The van der Waals surface area contributed by atoms with Gasteiger partial charge in [-0.1, -0.05) is 121 Å². The van der Waals surface area contributed by atoms with Gasteiger partial charge in [-0.05, 0) is 23.6 Å². The first-order chi connectivity index (χ1) is 28.7. The summed E-state index contributed by atoms with van der Waals surface area (Å²) in [6.07, 6.45) is 6.30. The molecule has 0 radical (unpaired) electrons. The fraction of sp³-hybridized carbons (Fsp3) is 0.205. The number of pyridine rings is 1. The van der Waals surface area contributed by atoms with Crippen LogP contribution in [0.4, 0.5) is 5.13 Å². The molecule has 7 rings (SSSR count). The molecule has 0 spiro atoms. The molecule has 3 aromatic carbocycles. The second kappa shape index (κ2) is 18.3. The van der Waals surface area contributed by atoms with Crippen LogP contribution in [0.5, 0.6) is 0 Å². The SMILES string of the molecule is CCCC(=O)OC(C)OC(=O)C1=C(/C=C\c2cccnc2)CS[C@@H]2[C@H](NC(=O)C(=NOC(c3ccccc3)(c3ccccc3)c3ccccc3)c3csc(N)n3)C(=O)N12. The summed E-state index contributed by atoms with van der Waals surface area (Å²) in [5.41, 5.74) is 8.15. The number of oxime groups is 1. The number of ether oxygens (including phenoxy) is 2. The Morgan fingerprint density at radius 1 is 0.949 bits per heavy atom. The quantitative estimate of drug-likeness (QED) is 0.0297. The standard InChI is InChI=1S/C44H40N6O7S2/c1-3-14-35(51)55-28(2)56-42(54)38-30(23-22-29-15-13-24-46-25-29)26-58-41-37(40(53)50(38)41)48-39(52)36(34-27-59-43(45)47-34)49-57-44(31-16-7-4-8-17-31,32-18-9-5-10-19-32)33-20-11-6-12-21-33/h4-13,15-25,27-28,37,41H,3,14,26H2,1-2H3,(H2,45,47)(H,48,52)/b23-22-,49-36?/t28?,37-,41-/m1/s1. The van der Waals surface area contributed by atoms with E-state index in [2.05, 4.69) is 20.4 Å². The fourth-order valence-corrected chi connectivity index (χ4v) is 8.58. The van der Waals surface area contributed by atoms with Crippen LogP contribution in [0.15, 0.2) is 143 Å². The van der Waals surface area contributed by atoms with E-state index in [4.69, 9.17) is 20.0 Å². The number of carbonyl (C=O) groups is 4. The molecule has 3 atom stereocenters. The molecule has 2 amide bonds. The van der Waals surface area contributed by atoms with Crippen LogP contribution < -0.4 is 11.1 Å². The highest BCUT2D eigenvalue weighted by Crippen LogP contribution is 2.43. The number of carbonyl (C=O) groups excluding carboxylic acids is 4. The third kappa shape index (κ3) is 8.81. The van der Waals surface area contributed by atoms with Crippen molar-refractivity contribution in [2.24, 2.45) is 5.16 Å². The molecule has 1 fully saturated rings. The van der Waals surface area contributed by atoms with Crippen LogP contribution in [0.3, 0.4) is 0 Å². The number of hydrogen-bond acceptors (Lipinski definition) is 13. The van der Waals surface area contributed by atoms with Crippen LogP contribution in [0, 0.1) is 0 Å². The van der Waals surface area contributed by atoms with Crippen molar-refractivity contribution in [1.82, 2.24) is 20.2 Å². The van der Waals surface area contributed by atoms with E-state index >= 15 is 0 Å². The summed E-state index contributed by atoms with van der Waals surface area (Å²) in [6.45, 7) is 3.26. The number of thiazole rings is 1. The summed E-state index contributed by atoms with van der Waals surface area (Å²) in [5.74, 6) is -2.40. The Labute approximate surface area is 349 Å². The Balaban J connectivity index is 1.21. The molecule has 2 aromatic heterocycles. The van der Waals surface area contributed by atoms with Crippen LogP contribution >= 0.6 is 23.1 Å². The van der Waals surface area contributed by atoms with Crippen molar-refractivity contribution in [3.8, 4) is 0 Å². The zero-order valence-electron chi connectivity index (χ0n) is 32.1. The van der Waals surface area contributed by atoms with Gasteiger partial charge in [0.1, 0.15) is 22.8 Å². The Bertz CT molecular complexity index is 2290. The Morgan fingerprint density at radius 3 is 2.15 bits per heavy atom. The lowest BCUT2D eigenvalue weighted by molar-refractivity contribution is -0.184. The number of thioether (sulfide) groups is 1. The monoisotopic (exact) mass is 828 g/mol. The normalized spacial score (nSPS) is 17.2. The Kier molecular flexibility index (Phi) is 12.6. The number of benzene rings is 3. The van der Waals surface area contributed by atoms with Gasteiger partial charge in [-0.25, -0.2) is 9.78 Å². The van der Waals surface area contributed by atoms with Gasteiger partial charge < -0.3 is 25.4 Å². The maximum Gasteiger partial charge on any atom is 0.358 e. The highest BCUT2D eigenvalue weighted by molar-refractivity contribution is 8.00. The number of fused-ring (bicyclic) bond motifs is 1. The molecule has 13 nitrogen and oxygen atoms in total. The maximum absolute atomic E-state index is 14.4. The average Bonchev–Trinajstić information content (AvgIpc) is 3.69. The van der Waals surface area contributed by atoms with E-state index in [0.717, 1.165) is 33.6 Å². The smallest absolute Gasteiger partial charge is 0.358 e. The van der Waals surface area contributed by atoms with E-state index in [-0.39, 0.29) is 34.4 Å². The second-order valence-electron chi connectivity index (χ2n) is 13.4. The lowest BCUT2D eigenvalue weighted by Crippen LogP contribution is -2.71. The predicted molar refractivity (Wildman–Crippen MR) is 225 cm³/mol. The van der Waals surface area contributed by atoms with Crippen LogP contribution in [-0.2, 0) is 39.1 Å². The molecular formula is C44H40N6O7S2. The van der Waals surface area contributed by atoms with Gasteiger partial charge in [-0.15, -0.1) is 23.1 Å². The topological polar surface area (TPSA) is 175 Å². The van der Waals surface area contributed by atoms with Crippen molar-refractivity contribution in [3.63, 3.8) is 0 Å². The van der Waals surface area contributed by atoms with Crippen molar-refractivity contribution in [2.45, 2.75) is 50.0 Å². The number of β-lactam (4-membered cyclic amide) rings is 1. The summed E-state index contributed by atoms with van der Waals surface area (Å²) in [7, 11) is 0. The van der Waals surface area contributed by atoms with Gasteiger partial charge in [0, 0.05) is 53.6 Å². The van der Waals surface area contributed by atoms with E-state index in [1.54, 1.807) is 36.0 Å². The number of aromatic nitrogens is 2. The van der Waals surface area contributed by atoms with Crippen molar-refractivity contribution >= 4 is 63.8 Å². The Hall–Kier alpha value is -6.58. The molecule has 0 aliphatic carbocycles. The molecule has 0 bridgehead atoms. The van der Waals surface area contributed by atoms with E-state index in [1.165, 1.54) is 23.6 Å². The Morgan fingerprint density at radius 2 is 1.59 bits per heavy atom. The maximum atomic E-state index is 14.4. The van der Waals surface area contributed by atoms with Gasteiger partial charge in [-0.3, -0.25) is 24.3 Å². The van der Waals surface area contributed by atoms with Gasteiger partial charge in [-0.2, -0.15) is 0 Å². The largest absolute Gasteiger partial charge is 0.425 e. The molecule has 5 aromatic rings. The third-order valence-electron chi connectivity index (χ3n) is 9.46. The number of allylic oxidation sites excluding steroid dienone is 1. The molecule has 0 saturated carbocycles. The number of rotatable bonds is 15. The third-order valence-corrected chi connectivity index (χ3v) is 11.4. The van der Waals surface area contributed by atoms with E-state index in [1.807, 2.05) is 104 Å². The molecule has 3 N–H and O–H groups in total. The van der Waals surface area contributed by atoms with Gasteiger partial charge in [0.25, 0.3) is 11.8 Å². The lowest BCUT2D eigenvalue weighted by Gasteiger charge is -2.49. The number of amides is 2. The van der Waals surface area contributed by atoms with Crippen LogP contribution in [0.25, 0.3) is 6.08 Å². The minimum Gasteiger partial charge on any atom is -0.425 e. The minimum atomic E-state index is -1.32. The number of nitrogens with one attached hydrogen (secondary N) is 1. The number of nitrogens with two attached hydrogens (primary N) is 1. The summed E-state index contributed by atoms with van der Waals surface area (Å²) in [5, 5.41) is 8.48. The average molecular weight is 829 g/mol. The number of anilines is 1. The van der Waals surface area contributed by atoms with E-state index in [0.29, 0.717) is 12.0 Å². The zero-order chi connectivity index (χ0) is 41.4. The first kappa shape index (κ1) is 40.6. The highest BCUT2D eigenvalue weighted by Gasteiger charge is 2.55. The molecule has 1 saturated heterocycles. The summed E-state index contributed by atoms with van der Waals surface area (Å²) < 4.78 is 10.8. The van der Waals surface area contributed by atoms with Crippen molar-refractivity contribution in [3.05, 3.63) is 166 Å². The molecular weight excluding hydrogens is 789 g/mol. The first-order valence-electron chi connectivity index (χ1n) is 18.8. The molecule has 300 valence electrons. The van der Waals surface area contributed by atoms with Gasteiger partial charge >= 0.3 is 11.9 Å². The fourth-order valence-electron chi connectivity index (χ4n) is 6.71. The number of hydrogen-bond donors (Lipinski definition) is 2. The van der Waals surface area contributed by atoms with Crippen LogP contribution in [0.2, 0.25) is 0 Å². The minimum absolute atomic E-state index is 0.0226. The summed E-state index contributed by atoms with van der Waals surface area (Å²) >= 11 is 2.48. The first-order valence-corrected chi connectivity index (χ1v) is 20.7. The van der Waals surface area contributed by atoms with Crippen molar-refractivity contribution < 1.29 is 33.5 Å². The molecule has 2 aliphatic heterocycles. The molecule has 15 heteroatoms. The van der Waals surface area contributed by atoms with Gasteiger partial charge in [0.15, 0.2) is 10.8 Å². The molecule has 2 aliphatic rings. The second-order valence-corrected chi connectivity index (χ2v) is 15.4. The number of nitrogen functional groups attached to an aromatic ring is 1. The van der Waals surface area contributed by atoms with Crippen LogP contribution in [0.1, 0.15) is 54.6 Å². The van der Waals surface area contributed by atoms with E-state index in [9.17, 15) is 19.2 Å². The molecule has 4 heterocycles. The van der Waals surface area contributed by atoms with E-state index < -0.39 is 47.1 Å². The van der Waals surface area contributed by atoms with Crippen LogP contribution in [-0.4, -0.2) is 67.8 Å². The van der Waals surface area contributed by atoms with Gasteiger partial charge in [0.2, 0.25) is 11.9 Å².